The van der Waals surface area contributed by atoms with Crippen LogP contribution in [0.1, 0.15) is 18.9 Å². The van der Waals surface area contributed by atoms with Crippen LogP contribution in [0.3, 0.4) is 0 Å². The number of ether oxygens (including phenoxy) is 1. The molecule has 1 fully saturated rings. The van der Waals surface area contributed by atoms with E-state index >= 15 is 0 Å². The van der Waals surface area contributed by atoms with E-state index in [1.807, 2.05) is 31.2 Å². The van der Waals surface area contributed by atoms with Gasteiger partial charge >= 0.3 is 6.03 Å². The molecule has 0 saturated carbocycles. The molecule has 178 valence electrons. The predicted octanol–water partition coefficient (Wildman–Crippen LogP) is 4.70. The van der Waals surface area contributed by atoms with Gasteiger partial charge in [-0.3, -0.25) is 4.99 Å². The Balaban J connectivity index is 1.53. The van der Waals surface area contributed by atoms with Gasteiger partial charge in [0, 0.05) is 56.5 Å². The monoisotopic (exact) mass is 467 g/mol. The van der Waals surface area contributed by atoms with Crippen LogP contribution in [0.15, 0.2) is 47.5 Å². The van der Waals surface area contributed by atoms with Crippen molar-refractivity contribution in [2.45, 2.75) is 13.3 Å². The Morgan fingerprint density at radius 3 is 2.74 bits per heavy atom. The largest absolute Gasteiger partial charge is 0.492 e. The number of hydrogen-bond acceptors (Lipinski definition) is 5. The van der Waals surface area contributed by atoms with Crippen LogP contribution in [0.5, 0.6) is 5.75 Å². The zero-order chi connectivity index (χ0) is 24.1. The van der Waals surface area contributed by atoms with Gasteiger partial charge in [-0.15, -0.1) is 0 Å². The number of nitrogens with zero attached hydrogens (tertiary/aromatic N) is 4. The second-order valence-corrected chi connectivity index (χ2v) is 7.93. The molecule has 0 bridgehead atoms. The molecule has 0 spiro atoms. The minimum absolute atomic E-state index is 0.201. The summed E-state index contributed by atoms with van der Waals surface area (Å²) in [6.45, 7) is 4.64. The van der Waals surface area contributed by atoms with Gasteiger partial charge in [0.2, 0.25) is 0 Å². The number of fused-ring (bicyclic) bond motifs is 1. The van der Waals surface area contributed by atoms with E-state index in [4.69, 9.17) is 4.74 Å². The summed E-state index contributed by atoms with van der Waals surface area (Å²) in [7, 11) is 1.65. The molecular formula is C25H27F2N5O2. The third-order valence-electron chi connectivity index (χ3n) is 5.64. The molecule has 1 aliphatic rings. The summed E-state index contributed by atoms with van der Waals surface area (Å²) in [6, 6.07) is 11.1. The van der Waals surface area contributed by atoms with Gasteiger partial charge in [0.15, 0.2) is 11.6 Å². The van der Waals surface area contributed by atoms with Crippen LogP contribution in [0.25, 0.3) is 10.9 Å². The summed E-state index contributed by atoms with van der Waals surface area (Å²) >= 11 is 0. The first kappa shape index (κ1) is 23.4. The van der Waals surface area contributed by atoms with Crippen molar-refractivity contribution >= 4 is 34.7 Å². The number of hydrogen-bond donors (Lipinski definition) is 1. The zero-order valence-electron chi connectivity index (χ0n) is 19.2. The fourth-order valence-electron chi connectivity index (χ4n) is 4.04. The SMILES string of the molecule is CCOc1ccccc1NC(=O)N1CCCN(c2nc3cc(F)c(F)cc3cc2/C=N/C)CC1. The standard InChI is InChI=1S/C25H27F2N5O2/c1-3-34-23-8-5-4-7-21(23)30-25(33)32-10-6-9-31(11-12-32)24-18(16-28-2)13-17-14-19(26)20(27)15-22(17)29-24/h4-5,7-8,13-16H,3,6,9-12H2,1-2H3,(H,30,33)/b28-16+. The van der Waals surface area contributed by atoms with Crippen molar-refractivity contribution in [2.75, 3.05) is 50.1 Å². The molecule has 1 aromatic heterocycles. The number of aromatic nitrogens is 1. The normalized spacial score (nSPS) is 14.5. The van der Waals surface area contributed by atoms with Gasteiger partial charge in [0.05, 0.1) is 17.8 Å². The van der Waals surface area contributed by atoms with Crippen LogP contribution < -0.4 is 15.0 Å². The van der Waals surface area contributed by atoms with E-state index < -0.39 is 11.6 Å². The van der Waals surface area contributed by atoms with Crippen molar-refractivity contribution in [2.24, 2.45) is 4.99 Å². The predicted molar refractivity (Wildman–Crippen MR) is 130 cm³/mol. The van der Waals surface area contributed by atoms with Crippen LogP contribution in [0.4, 0.5) is 25.1 Å². The van der Waals surface area contributed by atoms with Crippen molar-refractivity contribution in [1.82, 2.24) is 9.88 Å². The molecule has 0 unspecified atom stereocenters. The molecule has 2 aromatic carbocycles. The summed E-state index contributed by atoms with van der Waals surface area (Å²) in [4.78, 5) is 25.5. The summed E-state index contributed by atoms with van der Waals surface area (Å²) < 4.78 is 33.1. The quantitative estimate of drug-likeness (QED) is 0.552. The van der Waals surface area contributed by atoms with Crippen LogP contribution >= 0.6 is 0 Å². The van der Waals surface area contributed by atoms with Gasteiger partial charge in [-0.05, 0) is 37.6 Å². The number of nitrogens with one attached hydrogen (secondary N) is 1. The van der Waals surface area contributed by atoms with E-state index in [0.29, 0.717) is 66.5 Å². The minimum Gasteiger partial charge on any atom is -0.492 e. The maximum Gasteiger partial charge on any atom is 0.322 e. The molecule has 0 atom stereocenters. The minimum atomic E-state index is -0.936. The average Bonchev–Trinajstić information content (AvgIpc) is 3.08. The molecule has 34 heavy (non-hydrogen) atoms. The maximum atomic E-state index is 13.8. The zero-order valence-corrected chi connectivity index (χ0v) is 19.2. The molecule has 1 saturated heterocycles. The topological polar surface area (TPSA) is 70.1 Å². The Bertz CT molecular complexity index is 1220. The number of pyridine rings is 1. The Labute approximate surface area is 197 Å². The van der Waals surface area contributed by atoms with E-state index in [1.54, 1.807) is 24.2 Å². The van der Waals surface area contributed by atoms with Crippen molar-refractivity contribution in [3.05, 3.63) is 59.7 Å². The fraction of sp³-hybridized carbons (Fsp3) is 0.320. The molecule has 2 amide bonds. The number of carbonyl (C=O) groups excluding carboxylic acids is 1. The highest BCUT2D eigenvalue weighted by molar-refractivity contribution is 5.94. The molecular weight excluding hydrogens is 440 g/mol. The number of para-hydroxylation sites is 2. The van der Waals surface area contributed by atoms with Crippen molar-refractivity contribution < 1.29 is 18.3 Å². The van der Waals surface area contributed by atoms with E-state index in [1.165, 1.54) is 0 Å². The molecule has 7 nitrogen and oxygen atoms in total. The van der Waals surface area contributed by atoms with Crippen LogP contribution in [-0.2, 0) is 0 Å². The molecule has 9 heteroatoms. The van der Waals surface area contributed by atoms with Gasteiger partial charge in [0.25, 0.3) is 0 Å². The maximum absolute atomic E-state index is 13.8. The number of carbonyl (C=O) groups is 1. The van der Waals surface area contributed by atoms with Gasteiger partial charge in [0.1, 0.15) is 11.6 Å². The number of amides is 2. The Morgan fingerprint density at radius 1 is 1.15 bits per heavy atom. The Kier molecular flexibility index (Phi) is 7.20. The Hall–Kier alpha value is -3.75. The van der Waals surface area contributed by atoms with E-state index in [-0.39, 0.29) is 6.03 Å². The van der Waals surface area contributed by atoms with E-state index in [2.05, 4.69) is 20.2 Å². The lowest BCUT2D eigenvalue weighted by atomic mass is 10.1. The molecule has 0 aliphatic carbocycles. The molecule has 3 aromatic rings. The summed E-state index contributed by atoms with van der Waals surface area (Å²) in [5, 5.41) is 3.45. The third-order valence-corrected chi connectivity index (χ3v) is 5.64. The van der Waals surface area contributed by atoms with Gasteiger partial charge in [-0.25, -0.2) is 18.6 Å². The highest BCUT2D eigenvalue weighted by atomic mass is 19.2. The summed E-state index contributed by atoms with van der Waals surface area (Å²) in [5.41, 5.74) is 1.71. The first-order valence-corrected chi connectivity index (χ1v) is 11.2. The number of benzene rings is 2. The van der Waals surface area contributed by atoms with Crippen molar-refractivity contribution in [3.63, 3.8) is 0 Å². The van der Waals surface area contributed by atoms with Crippen LogP contribution in [0, 0.1) is 11.6 Å². The molecule has 4 rings (SSSR count). The van der Waals surface area contributed by atoms with Gasteiger partial charge in [-0.1, -0.05) is 12.1 Å². The molecule has 0 radical (unpaired) electrons. The highest BCUT2D eigenvalue weighted by Gasteiger charge is 2.23. The second kappa shape index (κ2) is 10.5. The average molecular weight is 468 g/mol. The van der Waals surface area contributed by atoms with Crippen molar-refractivity contribution in [3.8, 4) is 5.75 Å². The number of urea groups is 1. The second-order valence-electron chi connectivity index (χ2n) is 7.93. The number of aliphatic imine (C=N–C) groups is 1. The van der Waals surface area contributed by atoms with Gasteiger partial charge in [-0.2, -0.15) is 0 Å². The molecule has 1 aliphatic heterocycles. The van der Waals surface area contributed by atoms with Gasteiger partial charge < -0.3 is 19.9 Å². The lowest BCUT2D eigenvalue weighted by Gasteiger charge is -2.25. The fourth-order valence-corrected chi connectivity index (χ4v) is 4.04. The lowest BCUT2D eigenvalue weighted by molar-refractivity contribution is 0.215. The molecule has 1 N–H and O–H groups in total. The number of rotatable bonds is 5. The third kappa shape index (κ3) is 5.08. The molecule has 2 heterocycles. The summed E-state index contributed by atoms with van der Waals surface area (Å²) in [5.74, 6) is -0.590. The summed E-state index contributed by atoms with van der Waals surface area (Å²) in [6.07, 6.45) is 2.38. The van der Waals surface area contributed by atoms with E-state index in [9.17, 15) is 13.6 Å². The van der Waals surface area contributed by atoms with Crippen LogP contribution in [-0.4, -0.2) is 62.0 Å². The number of halogens is 2. The lowest BCUT2D eigenvalue weighted by Crippen LogP contribution is -2.38. The van der Waals surface area contributed by atoms with Crippen molar-refractivity contribution in [1.29, 1.82) is 0 Å². The van der Waals surface area contributed by atoms with Crippen LogP contribution in [0.2, 0.25) is 0 Å². The number of anilines is 2. The van der Waals surface area contributed by atoms with E-state index in [0.717, 1.165) is 18.6 Å². The smallest absolute Gasteiger partial charge is 0.322 e. The first-order valence-electron chi connectivity index (χ1n) is 11.2. The highest BCUT2D eigenvalue weighted by Crippen LogP contribution is 2.27. The Morgan fingerprint density at radius 2 is 1.94 bits per heavy atom. The first-order chi connectivity index (χ1) is 16.5.